The lowest BCUT2D eigenvalue weighted by Crippen LogP contribution is -2.02. The highest BCUT2D eigenvalue weighted by Gasteiger charge is 1.99. The Kier molecular flexibility index (Phi) is 3.27. The number of nitrogens with two attached hydrogens (primary N) is 1. The van der Waals surface area contributed by atoms with E-state index < -0.39 is 0 Å². The van der Waals surface area contributed by atoms with Gasteiger partial charge in [-0.15, -0.1) is 0 Å². The van der Waals surface area contributed by atoms with Gasteiger partial charge in [-0.25, -0.2) is 4.98 Å². The molecule has 0 unspecified atom stereocenters. The molecular weight excluding hydrogens is 222 g/mol. The van der Waals surface area contributed by atoms with E-state index in [2.05, 4.69) is 10.3 Å². The van der Waals surface area contributed by atoms with Gasteiger partial charge in [0, 0.05) is 29.5 Å². The van der Waals surface area contributed by atoms with E-state index in [1.54, 1.807) is 18.3 Å². The zero-order valence-corrected chi connectivity index (χ0v) is 9.41. The normalized spacial score (nSPS) is 10.1. The van der Waals surface area contributed by atoms with E-state index in [9.17, 15) is 0 Å². The molecule has 0 amide bonds. The molecule has 1 aromatic carbocycles. The van der Waals surface area contributed by atoms with Crippen LogP contribution in [0.2, 0.25) is 5.02 Å². The van der Waals surface area contributed by atoms with Gasteiger partial charge in [0.2, 0.25) is 0 Å². The van der Waals surface area contributed by atoms with E-state index in [4.69, 9.17) is 17.3 Å². The molecule has 4 heteroatoms. The molecule has 0 saturated carbocycles. The molecule has 0 fully saturated rings. The fourth-order valence-electron chi connectivity index (χ4n) is 1.37. The Morgan fingerprint density at radius 3 is 2.81 bits per heavy atom. The van der Waals surface area contributed by atoms with Gasteiger partial charge in [-0.3, -0.25) is 0 Å². The zero-order chi connectivity index (χ0) is 11.4. The fourth-order valence-corrected chi connectivity index (χ4v) is 1.57. The largest absolute Gasteiger partial charge is 0.399 e. The quantitative estimate of drug-likeness (QED) is 0.857. The minimum Gasteiger partial charge on any atom is -0.399 e. The summed E-state index contributed by atoms with van der Waals surface area (Å²) in [4.78, 5) is 4.15. The van der Waals surface area contributed by atoms with Crippen LogP contribution in [0.1, 0.15) is 5.56 Å². The van der Waals surface area contributed by atoms with Crippen LogP contribution in [0.3, 0.4) is 0 Å². The number of nitrogens with zero attached hydrogens (tertiary/aromatic N) is 1. The van der Waals surface area contributed by atoms with E-state index in [-0.39, 0.29) is 0 Å². The summed E-state index contributed by atoms with van der Waals surface area (Å²) in [6.07, 6.45) is 1.67. The maximum atomic E-state index is 6.04. The van der Waals surface area contributed by atoms with Crippen molar-refractivity contribution in [2.45, 2.75) is 6.54 Å². The van der Waals surface area contributed by atoms with Crippen LogP contribution in [0.4, 0.5) is 11.5 Å². The predicted octanol–water partition coefficient (Wildman–Crippen LogP) is 2.93. The zero-order valence-electron chi connectivity index (χ0n) is 8.65. The topological polar surface area (TPSA) is 50.9 Å². The third kappa shape index (κ3) is 2.64. The van der Waals surface area contributed by atoms with Crippen molar-refractivity contribution in [2.75, 3.05) is 11.1 Å². The van der Waals surface area contributed by atoms with Crippen LogP contribution in [0.5, 0.6) is 0 Å². The molecule has 1 heterocycles. The lowest BCUT2D eigenvalue weighted by atomic mass is 10.2. The van der Waals surface area contributed by atoms with Gasteiger partial charge < -0.3 is 11.1 Å². The Balaban J connectivity index is 2.05. The average molecular weight is 234 g/mol. The molecule has 0 atom stereocenters. The van der Waals surface area contributed by atoms with Crippen LogP contribution in [0.15, 0.2) is 42.6 Å². The number of benzene rings is 1. The van der Waals surface area contributed by atoms with Gasteiger partial charge in [0.15, 0.2) is 0 Å². The third-order valence-electron chi connectivity index (χ3n) is 2.20. The van der Waals surface area contributed by atoms with Crippen molar-refractivity contribution in [3.8, 4) is 0 Å². The second-order valence-corrected chi connectivity index (χ2v) is 3.83. The van der Waals surface area contributed by atoms with Gasteiger partial charge in [0.25, 0.3) is 0 Å². The van der Waals surface area contributed by atoms with Crippen LogP contribution in [-0.2, 0) is 6.54 Å². The molecule has 0 aliphatic rings. The summed E-state index contributed by atoms with van der Waals surface area (Å²) >= 11 is 6.04. The second-order valence-electron chi connectivity index (χ2n) is 3.42. The first kappa shape index (κ1) is 10.8. The molecule has 0 bridgehead atoms. The van der Waals surface area contributed by atoms with Crippen molar-refractivity contribution in [3.63, 3.8) is 0 Å². The lowest BCUT2D eigenvalue weighted by molar-refractivity contribution is 1.11. The summed E-state index contributed by atoms with van der Waals surface area (Å²) in [5, 5.41) is 3.92. The Bertz CT molecular complexity index is 485. The summed E-state index contributed by atoms with van der Waals surface area (Å²) < 4.78 is 0. The highest BCUT2D eigenvalue weighted by molar-refractivity contribution is 6.31. The van der Waals surface area contributed by atoms with Gasteiger partial charge in [0.05, 0.1) is 0 Å². The first-order valence-electron chi connectivity index (χ1n) is 4.94. The molecular formula is C12H12ClN3. The average Bonchev–Trinajstić information content (AvgIpc) is 2.28. The van der Waals surface area contributed by atoms with E-state index in [0.717, 1.165) is 16.4 Å². The number of nitrogen functional groups attached to an aromatic ring is 1. The summed E-state index contributed by atoms with van der Waals surface area (Å²) in [5.41, 5.74) is 7.38. The lowest BCUT2D eigenvalue weighted by Gasteiger charge is -2.07. The van der Waals surface area contributed by atoms with Crippen molar-refractivity contribution in [1.82, 2.24) is 4.98 Å². The predicted molar refractivity (Wildman–Crippen MR) is 67.4 cm³/mol. The molecule has 2 aromatic rings. The fraction of sp³-hybridized carbons (Fsp3) is 0.0833. The second kappa shape index (κ2) is 4.86. The number of rotatable bonds is 3. The number of pyridine rings is 1. The Labute approximate surface area is 99.3 Å². The smallest absolute Gasteiger partial charge is 0.128 e. The van der Waals surface area contributed by atoms with Crippen molar-refractivity contribution in [3.05, 3.63) is 53.2 Å². The van der Waals surface area contributed by atoms with Crippen LogP contribution < -0.4 is 11.1 Å². The third-order valence-corrected chi connectivity index (χ3v) is 2.57. The molecule has 82 valence electrons. The van der Waals surface area contributed by atoms with Gasteiger partial charge in [-0.1, -0.05) is 29.8 Å². The van der Waals surface area contributed by atoms with E-state index in [1.807, 2.05) is 24.3 Å². The van der Waals surface area contributed by atoms with E-state index >= 15 is 0 Å². The van der Waals surface area contributed by atoms with Crippen molar-refractivity contribution < 1.29 is 0 Å². The summed E-state index contributed by atoms with van der Waals surface area (Å²) in [6, 6.07) is 11.2. The number of halogens is 1. The van der Waals surface area contributed by atoms with Crippen LogP contribution in [-0.4, -0.2) is 4.98 Å². The monoisotopic (exact) mass is 233 g/mol. The minimum absolute atomic E-state index is 0.635. The Morgan fingerprint density at radius 1 is 1.25 bits per heavy atom. The number of hydrogen-bond acceptors (Lipinski definition) is 3. The van der Waals surface area contributed by atoms with E-state index in [1.165, 1.54) is 0 Å². The standard InChI is InChI=1S/C12H12ClN3/c13-11-4-2-1-3-9(11)8-16-12-7-10(14)5-6-15-12/h1-7H,8H2,(H3,14,15,16). The molecule has 16 heavy (non-hydrogen) atoms. The van der Waals surface area contributed by atoms with E-state index in [0.29, 0.717) is 12.2 Å². The molecule has 0 saturated heterocycles. The summed E-state index contributed by atoms with van der Waals surface area (Å²) in [6.45, 7) is 0.635. The van der Waals surface area contributed by atoms with Crippen LogP contribution in [0.25, 0.3) is 0 Å². The minimum atomic E-state index is 0.635. The number of aromatic nitrogens is 1. The summed E-state index contributed by atoms with van der Waals surface area (Å²) in [5.74, 6) is 0.750. The molecule has 0 radical (unpaired) electrons. The molecule has 3 N–H and O–H groups in total. The maximum absolute atomic E-state index is 6.04. The number of hydrogen-bond donors (Lipinski definition) is 2. The molecule has 0 spiro atoms. The van der Waals surface area contributed by atoms with Gasteiger partial charge in [-0.2, -0.15) is 0 Å². The molecule has 1 aromatic heterocycles. The molecule has 0 aliphatic carbocycles. The van der Waals surface area contributed by atoms with Crippen molar-refractivity contribution >= 4 is 23.1 Å². The van der Waals surface area contributed by atoms with Gasteiger partial charge in [0.1, 0.15) is 5.82 Å². The van der Waals surface area contributed by atoms with Crippen LogP contribution in [0, 0.1) is 0 Å². The highest BCUT2D eigenvalue weighted by atomic mass is 35.5. The molecule has 0 aliphatic heterocycles. The number of anilines is 2. The molecule has 3 nitrogen and oxygen atoms in total. The maximum Gasteiger partial charge on any atom is 0.128 e. The van der Waals surface area contributed by atoms with Gasteiger partial charge in [-0.05, 0) is 17.7 Å². The highest BCUT2D eigenvalue weighted by Crippen LogP contribution is 2.16. The first-order chi connectivity index (χ1) is 7.75. The summed E-state index contributed by atoms with van der Waals surface area (Å²) in [7, 11) is 0. The molecule has 2 rings (SSSR count). The first-order valence-corrected chi connectivity index (χ1v) is 5.32. The van der Waals surface area contributed by atoms with Crippen molar-refractivity contribution in [1.29, 1.82) is 0 Å². The van der Waals surface area contributed by atoms with Crippen LogP contribution >= 0.6 is 11.6 Å². The van der Waals surface area contributed by atoms with Crippen molar-refractivity contribution in [2.24, 2.45) is 0 Å². The SMILES string of the molecule is Nc1ccnc(NCc2ccccc2Cl)c1. The Hall–Kier alpha value is -1.74. The Morgan fingerprint density at radius 2 is 2.06 bits per heavy atom. The number of nitrogens with one attached hydrogen (secondary N) is 1. The van der Waals surface area contributed by atoms with Gasteiger partial charge >= 0.3 is 0 Å².